The van der Waals surface area contributed by atoms with Crippen LogP contribution in [0.4, 0.5) is 26.6 Å². The second-order valence-corrected chi connectivity index (χ2v) is 6.79. The molecule has 0 saturated carbocycles. The number of nitrogens with zero attached hydrogens (tertiary/aromatic N) is 3. The summed E-state index contributed by atoms with van der Waals surface area (Å²) in [6.07, 6.45) is 1.50. The molecule has 0 radical (unpaired) electrons. The van der Waals surface area contributed by atoms with Crippen molar-refractivity contribution in [3.63, 3.8) is 0 Å². The monoisotopic (exact) mass is 391 g/mol. The number of rotatable bonds is 8. The highest BCUT2D eigenvalue weighted by Crippen LogP contribution is 2.25. The summed E-state index contributed by atoms with van der Waals surface area (Å²) in [6, 6.07) is 6.29. The SMILES string of the molecule is COCCNC(=O)N(c1ccc(F)cc1)c1ccnc(N[C@@H](C)C(C)(C)O)n1. The van der Waals surface area contributed by atoms with Crippen molar-refractivity contribution in [3.8, 4) is 0 Å². The number of halogens is 1. The minimum Gasteiger partial charge on any atom is -0.388 e. The summed E-state index contributed by atoms with van der Waals surface area (Å²) >= 11 is 0. The lowest BCUT2D eigenvalue weighted by Gasteiger charge is -2.27. The van der Waals surface area contributed by atoms with Gasteiger partial charge in [0.2, 0.25) is 5.95 Å². The number of benzene rings is 1. The molecule has 0 saturated heterocycles. The fraction of sp³-hybridized carbons (Fsp3) is 0.421. The van der Waals surface area contributed by atoms with Gasteiger partial charge in [0.25, 0.3) is 0 Å². The van der Waals surface area contributed by atoms with Crippen molar-refractivity contribution in [2.75, 3.05) is 30.5 Å². The Morgan fingerprint density at radius 2 is 2.00 bits per heavy atom. The maximum atomic E-state index is 13.3. The Morgan fingerprint density at radius 1 is 1.32 bits per heavy atom. The van der Waals surface area contributed by atoms with Gasteiger partial charge in [0, 0.05) is 25.9 Å². The molecule has 0 aliphatic carbocycles. The molecule has 1 aromatic heterocycles. The van der Waals surface area contributed by atoms with Crippen molar-refractivity contribution in [2.24, 2.45) is 0 Å². The van der Waals surface area contributed by atoms with Crippen LogP contribution in [0.2, 0.25) is 0 Å². The van der Waals surface area contributed by atoms with E-state index in [1.54, 1.807) is 26.8 Å². The standard InChI is InChI=1S/C19H26FN5O3/c1-13(19(2,3)27)23-17-21-10-9-16(24-17)25(18(26)22-11-12-28-4)15-7-5-14(20)6-8-15/h5-10,13,27H,11-12H2,1-4H3,(H,22,26)(H,21,23,24)/t13-/m0/s1. The first-order chi connectivity index (χ1) is 13.2. The van der Waals surface area contributed by atoms with Crippen LogP contribution < -0.4 is 15.5 Å². The van der Waals surface area contributed by atoms with Crippen molar-refractivity contribution < 1.29 is 19.0 Å². The van der Waals surface area contributed by atoms with Gasteiger partial charge in [-0.2, -0.15) is 4.98 Å². The highest BCUT2D eigenvalue weighted by atomic mass is 19.1. The third-order valence-electron chi connectivity index (χ3n) is 4.15. The Morgan fingerprint density at radius 3 is 2.61 bits per heavy atom. The number of nitrogens with one attached hydrogen (secondary N) is 2. The predicted molar refractivity (Wildman–Crippen MR) is 105 cm³/mol. The molecule has 2 aromatic rings. The average Bonchev–Trinajstić information content (AvgIpc) is 2.63. The summed E-state index contributed by atoms with van der Waals surface area (Å²) in [4.78, 5) is 22.6. The molecule has 0 bridgehead atoms. The van der Waals surface area contributed by atoms with Gasteiger partial charge in [-0.05, 0) is 45.0 Å². The zero-order chi connectivity index (χ0) is 20.7. The fourth-order valence-corrected chi connectivity index (χ4v) is 2.20. The van der Waals surface area contributed by atoms with Crippen molar-refractivity contribution in [2.45, 2.75) is 32.4 Å². The number of carbonyl (C=O) groups excluding carboxylic acids is 1. The van der Waals surface area contributed by atoms with E-state index in [-0.39, 0.29) is 12.0 Å². The quantitative estimate of drug-likeness (QED) is 0.599. The van der Waals surface area contributed by atoms with E-state index in [2.05, 4.69) is 20.6 Å². The number of aromatic nitrogens is 2. The molecule has 0 fully saturated rings. The van der Waals surface area contributed by atoms with E-state index in [1.165, 1.54) is 42.5 Å². The first-order valence-corrected chi connectivity index (χ1v) is 8.87. The average molecular weight is 391 g/mol. The molecule has 28 heavy (non-hydrogen) atoms. The summed E-state index contributed by atoms with van der Waals surface area (Å²) in [7, 11) is 1.54. The molecule has 1 heterocycles. The van der Waals surface area contributed by atoms with Crippen LogP contribution >= 0.6 is 0 Å². The summed E-state index contributed by atoms with van der Waals surface area (Å²) in [5.41, 5.74) is -0.551. The molecule has 9 heteroatoms. The Bertz CT molecular complexity index is 780. The molecule has 1 atom stereocenters. The van der Waals surface area contributed by atoms with Crippen molar-refractivity contribution >= 4 is 23.5 Å². The number of ether oxygens (including phenoxy) is 1. The lowest BCUT2D eigenvalue weighted by molar-refractivity contribution is 0.0646. The van der Waals surface area contributed by atoms with E-state index in [0.29, 0.717) is 24.7 Å². The largest absolute Gasteiger partial charge is 0.388 e. The Balaban J connectivity index is 2.33. The zero-order valence-corrected chi connectivity index (χ0v) is 16.4. The molecule has 0 aliphatic rings. The fourth-order valence-electron chi connectivity index (χ4n) is 2.20. The second kappa shape index (κ2) is 9.43. The van der Waals surface area contributed by atoms with Crippen molar-refractivity contribution in [1.82, 2.24) is 15.3 Å². The minimum absolute atomic E-state index is 0.254. The van der Waals surface area contributed by atoms with Crippen LogP contribution in [-0.4, -0.2) is 53.0 Å². The number of hydrogen-bond donors (Lipinski definition) is 3. The summed E-state index contributed by atoms with van der Waals surface area (Å²) in [6.45, 7) is 5.79. The summed E-state index contributed by atoms with van der Waals surface area (Å²) < 4.78 is 18.3. The summed E-state index contributed by atoms with van der Waals surface area (Å²) in [5.74, 6) is 0.137. The minimum atomic E-state index is -0.993. The van der Waals surface area contributed by atoms with Crippen LogP contribution in [0.5, 0.6) is 0 Å². The maximum Gasteiger partial charge on any atom is 0.327 e. The van der Waals surface area contributed by atoms with Gasteiger partial charge >= 0.3 is 6.03 Å². The number of hydrogen-bond acceptors (Lipinski definition) is 6. The lowest BCUT2D eigenvalue weighted by Crippen LogP contribution is -2.40. The van der Waals surface area contributed by atoms with Gasteiger partial charge in [0.05, 0.1) is 23.9 Å². The molecule has 0 unspecified atom stereocenters. The van der Waals surface area contributed by atoms with E-state index >= 15 is 0 Å². The van der Waals surface area contributed by atoms with Gasteiger partial charge in [0.15, 0.2) is 0 Å². The number of methoxy groups -OCH3 is 1. The van der Waals surface area contributed by atoms with Crippen LogP contribution in [0.3, 0.4) is 0 Å². The zero-order valence-electron chi connectivity index (χ0n) is 16.4. The van der Waals surface area contributed by atoms with E-state index in [9.17, 15) is 14.3 Å². The number of aliphatic hydroxyl groups is 1. The highest BCUT2D eigenvalue weighted by Gasteiger charge is 2.24. The molecule has 0 aliphatic heterocycles. The van der Waals surface area contributed by atoms with Crippen LogP contribution in [0.25, 0.3) is 0 Å². The molecular formula is C19H26FN5O3. The second-order valence-electron chi connectivity index (χ2n) is 6.79. The lowest BCUT2D eigenvalue weighted by atomic mass is 10.0. The van der Waals surface area contributed by atoms with Crippen LogP contribution in [0, 0.1) is 5.82 Å². The Labute approximate surface area is 163 Å². The molecule has 152 valence electrons. The molecule has 3 N–H and O–H groups in total. The summed E-state index contributed by atoms with van der Waals surface area (Å²) in [5, 5.41) is 15.8. The number of anilines is 3. The van der Waals surface area contributed by atoms with Crippen LogP contribution in [0.1, 0.15) is 20.8 Å². The normalized spacial score (nSPS) is 12.4. The first kappa shape index (κ1) is 21.5. The Hall–Kier alpha value is -2.78. The molecule has 2 amide bonds. The third kappa shape index (κ3) is 5.86. The van der Waals surface area contributed by atoms with Gasteiger partial charge in [-0.3, -0.25) is 0 Å². The van der Waals surface area contributed by atoms with E-state index in [0.717, 1.165) is 0 Å². The van der Waals surface area contributed by atoms with Crippen molar-refractivity contribution in [3.05, 3.63) is 42.3 Å². The number of amides is 2. The topological polar surface area (TPSA) is 99.6 Å². The van der Waals surface area contributed by atoms with Gasteiger partial charge < -0.3 is 20.5 Å². The molecule has 2 rings (SSSR count). The highest BCUT2D eigenvalue weighted by molar-refractivity contribution is 5.98. The third-order valence-corrected chi connectivity index (χ3v) is 4.15. The first-order valence-electron chi connectivity index (χ1n) is 8.87. The van der Waals surface area contributed by atoms with Gasteiger partial charge in [-0.1, -0.05) is 0 Å². The van der Waals surface area contributed by atoms with Crippen LogP contribution in [-0.2, 0) is 4.74 Å². The van der Waals surface area contributed by atoms with Gasteiger partial charge in [0.1, 0.15) is 11.6 Å². The van der Waals surface area contributed by atoms with Gasteiger partial charge in [-0.25, -0.2) is 19.1 Å². The smallest absolute Gasteiger partial charge is 0.327 e. The van der Waals surface area contributed by atoms with Gasteiger partial charge in [-0.15, -0.1) is 0 Å². The molecule has 1 aromatic carbocycles. The van der Waals surface area contributed by atoms with E-state index < -0.39 is 17.4 Å². The molecule has 0 spiro atoms. The maximum absolute atomic E-state index is 13.3. The number of carbonyl (C=O) groups is 1. The van der Waals surface area contributed by atoms with E-state index in [1.807, 2.05) is 0 Å². The van der Waals surface area contributed by atoms with E-state index in [4.69, 9.17) is 4.74 Å². The molecular weight excluding hydrogens is 365 g/mol. The predicted octanol–water partition coefficient (Wildman–Crippen LogP) is 2.68. The Kier molecular flexibility index (Phi) is 7.24. The molecule has 8 nitrogen and oxygen atoms in total. The van der Waals surface area contributed by atoms with Crippen LogP contribution in [0.15, 0.2) is 36.5 Å². The number of urea groups is 1. The van der Waals surface area contributed by atoms with Crippen molar-refractivity contribution in [1.29, 1.82) is 0 Å².